The predicted molar refractivity (Wildman–Crippen MR) is 82.0 cm³/mol. The molecular weight excluding hydrogens is 339 g/mol. The molecule has 0 spiro atoms. The molecule has 0 amide bonds. The number of hydrogen-bond acceptors (Lipinski definition) is 5. The van der Waals surface area contributed by atoms with E-state index in [9.17, 15) is 22.8 Å². The van der Waals surface area contributed by atoms with Crippen molar-refractivity contribution < 1.29 is 27.1 Å². The Kier molecular flexibility index (Phi) is 4.03. The van der Waals surface area contributed by atoms with Crippen LogP contribution in [0.15, 0.2) is 51.7 Å². The molecule has 0 atom stereocenters. The van der Waals surface area contributed by atoms with Crippen molar-refractivity contribution in [3.8, 4) is 17.2 Å². The molecule has 0 aliphatic carbocycles. The Morgan fingerprint density at radius 2 is 1.84 bits per heavy atom. The fraction of sp³-hybridized carbons (Fsp3) is 0.118. The lowest BCUT2D eigenvalue weighted by molar-refractivity contribution is -0.136. The number of ether oxygens (including phenoxy) is 1. The van der Waals surface area contributed by atoms with E-state index in [1.807, 2.05) is 0 Å². The highest BCUT2D eigenvalue weighted by atomic mass is 19.4. The number of alkyl halides is 3. The third-order valence-corrected chi connectivity index (χ3v) is 3.34. The third-order valence-electron chi connectivity index (χ3n) is 3.34. The first-order valence-corrected chi connectivity index (χ1v) is 7.06. The number of aromatic nitrogens is 1. The number of rotatable bonds is 2. The molecular formula is C17H10F3NO4. The van der Waals surface area contributed by atoms with Gasteiger partial charge >= 0.3 is 17.8 Å². The van der Waals surface area contributed by atoms with Crippen LogP contribution in [0.25, 0.3) is 22.4 Å². The second-order valence-corrected chi connectivity index (χ2v) is 5.10. The molecule has 8 heteroatoms. The minimum absolute atomic E-state index is 0.0227. The zero-order chi connectivity index (χ0) is 18.2. The molecule has 0 aliphatic rings. The topological polar surface area (TPSA) is 69.4 Å². The number of carbonyl (C=O) groups is 1. The number of halogens is 3. The molecule has 2 aromatic carbocycles. The lowest BCUT2D eigenvalue weighted by Gasteiger charge is -2.11. The van der Waals surface area contributed by atoms with Gasteiger partial charge in [-0.3, -0.25) is 4.79 Å². The van der Waals surface area contributed by atoms with Crippen LogP contribution in [0.5, 0.6) is 5.75 Å². The van der Waals surface area contributed by atoms with Gasteiger partial charge in [0.15, 0.2) is 0 Å². The first kappa shape index (κ1) is 16.7. The highest BCUT2D eigenvalue weighted by Gasteiger charge is 2.34. The number of benzene rings is 2. The molecule has 0 aliphatic heterocycles. The molecule has 25 heavy (non-hydrogen) atoms. The Labute approximate surface area is 138 Å². The molecule has 1 aromatic heterocycles. The van der Waals surface area contributed by atoms with Gasteiger partial charge in [-0.1, -0.05) is 18.2 Å². The zero-order valence-electron chi connectivity index (χ0n) is 12.8. The van der Waals surface area contributed by atoms with Crippen LogP contribution in [0.3, 0.4) is 0 Å². The fourth-order valence-corrected chi connectivity index (χ4v) is 2.33. The minimum Gasteiger partial charge on any atom is -0.426 e. The second-order valence-electron chi connectivity index (χ2n) is 5.10. The number of nitrogens with zero attached hydrogens (tertiary/aromatic N) is 1. The van der Waals surface area contributed by atoms with E-state index in [2.05, 4.69) is 4.98 Å². The van der Waals surface area contributed by atoms with Gasteiger partial charge in [-0.15, -0.1) is 0 Å². The third kappa shape index (κ3) is 3.23. The minimum atomic E-state index is -4.69. The Morgan fingerprint density at radius 3 is 2.52 bits per heavy atom. The molecule has 0 unspecified atom stereocenters. The van der Waals surface area contributed by atoms with Crippen molar-refractivity contribution in [2.24, 2.45) is 0 Å². The summed E-state index contributed by atoms with van der Waals surface area (Å²) in [5.41, 5.74) is -2.46. The lowest BCUT2D eigenvalue weighted by Crippen LogP contribution is -2.11. The fourth-order valence-electron chi connectivity index (χ4n) is 2.33. The van der Waals surface area contributed by atoms with Gasteiger partial charge in [-0.2, -0.15) is 13.2 Å². The van der Waals surface area contributed by atoms with Crippen molar-refractivity contribution >= 4 is 16.9 Å². The Bertz CT molecular complexity index is 1020. The first-order chi connectivity index (χ1) is 11.8. The van der Waals surface area contributed by atoms with Gasteiger partial charge in [0.2, 0.25) is 5.89 Å². The highest BCUT2D eigenvalue weighted by Crippen LogP contribution is 2.35. The summed E-state index contributed by atoms with van der Waals surface area (Å²) in [7, 11) is 0. The Balaban J connectivity index is 2.30. The molecule has 0 saturated carbocycles. The number of fused-ring (bicyclic) bond motifs is 1. The van der Waals surface area contributed by atoms with Crippen LogP contribution in [-0.4, -0.2) is 11.0 Å². The summed E-state index contributed by atoms with van der Waals surface area (Å²) in [6.07, 6.45) is -4.69. The average Bonchev–Trinajstić information content (AvgIpc) is 2.53. The van der Waals surface area contributed by atoms with Crippen LogP contribution in [-0.2, 0) is 11.0 Å². The van der Waals surface area contributed by atoms with E-state index in [1.54, 1.807) is 12.1 Å². The van der Waals surface area contributed by atoms with Gasteiger partial charge in [-0.05, 0) is 24.3 Å². The Hall–Kier alpha value is -3.16. The molecule has 0 N–H and O–H groups in total. The van der Waals surface area contributed by atoms with Crippen LogP contribution < -0.4 is 10.4 Å². The van der Waals surface area contributed by atoms with Crippen molar-refractivity contribution in [1.82, 2.24) is 4.98 Å². The number of esters is 1. The number of hydrogen-bond donors (Lipinski definition) is 0. The normalized spacial score (nSPS) is 11.5. The smallest absolute Gasteiger partial charge is 0.418 e. The molecule has 0 radical (unpaired) electrons. The molecule has 3 aromatic rings. The average molecular weight is 349 g/mol. The summed E-state index contributed by atoms with van der Waals surface area (Å²) in [6, 6.07) is 9.08. The van der Waals surface area contributed by atoms with Crippen molar-refractivity contribution in [2.45, 2.75) is 13.1 Å². The van der Waals surface area contributed by atoms with Crippen molar-refractivity contribution in [1.29, 1.82) is 0 Å². The van der Waals surface area contributed by atoms with Crippen molar-refractivity contribution in [2.75, 3.05) is 0 Å². The highest BCUT2D eigenvalue weighted by molar-refractivity contribution is 5.83. The molecule has 0 bridgehead atoms. The Morgan fingerprint density at radius 1 is 1.12 bits per heavy atom. The van der Waals surface area contributed by atoms with Gasteiger partial charge < -0.3 is 9.15 Å². The summed E-state index contributed by atoms with van der Waals surface area (Å²) in [5.74, 6) is -0.980. The van der Waals surface area contributed by atoms with E-state index < -0.39 is 28.9 Å². The van der Waals surface area contributed by atoms with Crippen LogP contribution in [0.1, 0.15) is 12.5 Å². The van der Waals surface area contributed by atoms with E-state index in [0.717, 1.165) is 12.1 Å². The first-order valence-electron chi connectivity index (χ1n) is 7.06. The summed E-state index contributed by atoms with van der Waals surface area (Å²) in [5, 5.41) is -0.288. The summed E-state index contributed by atoms with van der Waals surface area (Å²) >= 11 is 0. The maximum atomic E-state index is 13.2. The number of carbonyl (C=O) groups excluding carboxylic acids is 1. The lowest BCUT2D eigenvalue weighted by atomic mass is 10.1. The molecule has 1 heterocycles. The predicted octanol–water partition coefficient (Wildman–Crippen LogP) is 3.80. The number of para-hydroxylation sites is 2. The maximum Gasteiger partial charge on any atom is 0.418 e. The summed E-state index contributed by atoms with van der Waals surface area (Å²) in [6.45, 7) is 1.17. The van der Waals surface area contributed by atoms with E-state index in [4.69, 9.17) is 9.15 Å². The van der Waals surface area contributed by atoms with Crippen LogP contribution >= 0.6 is 0 Å². The molecule has 0 saturated heterocycles. The summed E-state index contributed by atoms with van der Waals surface area (Å²) < 4.78 is 49.6. The van der Waals surface area contributed by atoms with Gasteiger partial charge in [0.1, 0.15) is 5.75 Å². The molecule has 3 rings (SSSR count). The largest absolute Gasteiger partial charge is 0.426 e. The summed E-state index contributed by atoms with van der Waals surface area (Å²) in [4.78, 5) is 27.1. The van der Waals surface area contributed by atoms with Crippen molar-refractivity contribution in [3.05, 3.63) is 58.4 Å². The van der Waals surface area contributed by atoms with Crippen molar-refractivity contribution in [3.63, 3.8) is 0 Å². The second kappa shape index (κ2) is 6.04. The van der Waals surface area contributed by atoms with E-state index >= 15 is 0 Å². The van der Waals surface area contributed by atoms with Gasteiger partial charge in [0.05, 0.1) is 22.0 Å². The van der Waals surface area contributed by atoms with Crippen LogP contribution in [0, 0.1) is 0 Å². The van der Waals surface area contributed by atoms with E-state index in [0.29, 0.717) is 0 Å². The molecule has 128 valence electrons. The standard InChI is InChI=1S/C17H10F3NO4/c1-9(22)24-13-8-3-2-5-10(13)15-21-14-11(16(23)25-15)6-4-7-12(14)17(18,19)20/h2-8H,1H3. The van der Waals surface area contributed by atoms with Gasteiger partial charge in [-0.25, -0.2) is 9.78 Å². The monoisotopic (exact) mass is 349 g/mol. The van der Waals surface area contributed by atoms with E-state index in [1.165, 1.54) is 25.1 Å². The van der Waals surface area contributed by atoms with E-state index in [-0.39, 0.29) is 22.6 Å². The van der Waals surface area contributed by atoms with Crippen LogP contribution in [0.4, 0.5) is 13.2 Å². The molecule has 5 nitrogen and oxygen atoms in total. The van der Waals surface area contributed by atoms with Gasteiger partial charge in [0, 0.05) is 6.92 Å². The maximum absolute atomic E-state index is 13.2. The molecule has 0 fully saturated rings. The zero-order valence-corrected chi connectivity index (χ0v) is 12.8. The van der Waals surface area contributed by atoms with Crippen LogP contribution in [0.2, 0.25) is 0 Å². The van der Waals surface area contributed by atoms with Gasteiger partial charge in [0.25, 0.3) is 0 Å². The SMILES string of the molecule is CC(=O)Oc1ccccc1-c1nc2c(C(F)(F)F)cccc2c(=O)o1. The quantitative estimate of drug-likeness (QED) is 0.520.